The highest BCUT2D eigenvalue weighted by Crippen LogP contribution is 2.39. The Hall–Kier alpha value is -0.830. The molecule has 0 aliphatic carbocycles. The fraction of sp³-hybridized carbons (Fsp3) is 0.462. The van der Waals surface area contributed by atoms with Gasteiger partial charge in [-0.2, -0.15) is 0 Å². The highest BCUT2D eigenvalue weighted by Gasteiger charge is 2.34. The number of ether oxygens (including phenoxy) is 1. The van der Waals surface area contributed by atoms with E-state index in [1.807, 2.05) is 33.8 Å². The number of hydrogen-bond acceptors (Lipinski definition) is 2. The van der Waals surface area contributed by atoms with E-state index in [4.69, 9.17) is 4.74 Å². The zero-order valence-corrected chi connectivity index (χ0v) is 11.6. The number of rotatable bonds is 0. The second-order valence-corrected chi connectivity index (χ2v) is 5.80. The van der Waals surface area contributed by atoms with Crippen molar-refractivity contribution < 1.29 is 9.53 Å². The van der Waals surface area contributed by atoms with E-state index >= 15 is 0 Å². The summed E-state index contributed by atoms with van der Waals surface area (Å²) in [6.07, 6.45) is 0.439. The molecule has 3 heteroatoms. The molecule has 0 spiro atoms. The SMILES string of the molecule is Cc1c(Br)cc2c(c1C)OC(C)(C)CC2=O. The van der Waals surface area contributed by atoms with Gasteiger partial charge in [-0.3, -0.25) is 4.79 Å². The van der Waals surface area contributed by atoms with Gasteiger partial charge in [0.15, 0.2) is 5.78 Å². The van der Waals surface area contributed by atoms with Gasteiger partial charge < -0.3 is 4.74 Å². The van der Waals surface area contributed by atoms with E-state index in [-0.39, 0.29) is 5.78 Å². The minimum atomic E-state index is -0.394. The Labute approximate surface area is 104 Å². The van der Waals surface area contributed by atoms with Crippen LogP contribution in [-0.4, -0.2) is 11.4 Å². The molecule has 86 valence electrons. The van der Waals surface area contributed by atoms with E-state index in [9.17, 15) is 4.79 Å². The van der Waals surface area contributed by atoms with Crippen LogP contribution in [0.1, 0.15) is 41.8 Å². The van der Waals surface area contributed by atoms with E-state index in [2.05, 4.69) is 15.9 Å². The molecule has 1 aliphatic heterocycles. The van der Waals surface area contributed by atoms with Crippen LogP contribution < -0.4 is 4.74 Å². The smallest absolute Gasteiger partial charge is 0.170 e. The van der Waals surface area contributed by atoms with Crippen molar-refractivity contribution in [3.63, 3.8) is 0 Å². The zero-order chi connectivity index (χ0) is 12.1. The highest BCUT2D eigenvalue weighted by molar-refractivity contribution is 9.10. The molecule has 0 fully saturated rings. The monoisotopic (exact) mass is 282 g/mol. The summed E-state index contributed by atoms with van der Waals surface area (Å²) in [6.45, 7) is 7.91. The molecule has 0 N–H and O–H groups in total. The average molecular weight is 283 g/mol. The molecule has 16 heavy (non-hydrogen) atoms. The standard InChI is InChI=1S/C13H15BrO2/c1-7-8(2)12-9(5-10(7)14)11(15)6-13(3,4)16-12/h5H,6H2,1-4H3. The molecule has 0 atom stereocenters. The van der Waals surface area contributed by atoms with Gasteiger partial charge in [-0.1, -0.05) is 15.9 Å². The summed E-state index contributed by atoms with van der Waals surface area (Å²) in [7, 11) is 0. The Morgan fingerprint density at radius 1 is 1.31 bits per heavy atom. The predicted molar refractivity (Wildman–Crippen MR) is 67.3 cm³/mol. The number of fused-ring (bicyclic) bond motifs is 1. The van der Waals surface area contributed by atoms with Crippen molar-refractivity contribution in [3.8, 4) is 5.75 Å². The van der Waals surface area contributed by atoms with Crippen LogP contribution in [0.5, 0.6) is 5.75 Å². The number of carbonyl (C=O) groups is 1. The van der Waals surface area contributed by atoms with E-state index in [0.717, 1.165) is 21.3 Å². The fourth-order valence-electron chi connectivity index (χ4n) is 1.98. The predicted octanol–water partition coefficient (Wildman–Crippen LogP) is 3.81. The van der Waals surface area contributed by atoms with E-state index in [1.54, 1.807) is 0 Å². The van der Waals surface area contributed by atoms with Gasteiger partial charge in [0.2, 0.25) is 0 Å². The number of halogens is 1. The molecule has 1 aliphatic rings. The largest absolute Gasteiger partial charge is 0.486 e. The van der Waals surface area contributed by atoms with Crippen molar-refractivity contribution >= 4 is 21.7 Å². The molecule has 2 nitrogen and oxygen atoms in total. The Morgan fingerprint density at radius 3 is 2.56 bits per heavy atom. The third-order valence-electron chi connectivity index (χ3n) is 3.04. The maximum absolute atomic E-state index is 12.0. The average Bonchev–Trinajstić information content (AvgIpc) is 2.16. The maximum Gasteiger partial charge on any atom is 0.170 e. The lowest BCUT2D eigenvalue weighted by Gasteiger charge is -2.33. The van der Waals surface area contributed by atoms with Gasteiger partial charge in [0.05, 0.1) is 12.0 Å². The number of benzene rings is 1. The molecule has 0 amide bonds. The van der Waals surface area contributed by atoms with Crippen LogP contribution in [0.25, 0.3) is 0 Å². The summed E-state index contributed by atoms with van der Waals surface area (Å²) < 4.78 is 6.89. The summed E-state index contributed by atoms with van der Waals surface area (Å²) in [5, 5.41) is 0. The van der Waals surface area contributed by atoms with Crippen LogP contribution in [0.15, 0.2) is 10.5 Å². The minimum absolute atomic E-state index is 0.162. The molecule has 1 aromatic carbocycles. The summed E-state index contributed by atoms with van der Waals surface area (Å²) in [5.41, 5.74) is 2.49. The highest BCUT2D eigenvalue weighted by atomic mass is 79.9. The Morgan fingerprint density at radius 2 is 1.94 bits per heavy atom. The van der Waals surface area contributed by atoms with Crippen molar-refractivity contribution in [1.29, 1.82) is 0 Å². The van der Waals surface area contributed by atoms with Gasteiger partial charge >= 0.3 is 0 Å². The summed E-state index contributed by atoms with van der Waals surface area (Å²) >= 11 is 3.47. The third kappa shape index (κ3) is 1.77. The lowest BCUT2D eigenvalue weighted by atomic mass is 9.90. The van der Waals surface area contributed by atoms with Crippen LogP contribution in [0, 0.1) is 13.8 Å². The number of ketones is 1. The van der Waals surface area contributed by atoms with Crippen molar-refractivity contribution in [1.82, 2.24) is 0 Å². The van der Waals surface area contributed by atoms with Gasteiger partial charge in [-0.15, -0.1) is 0 Å². The van der Waals surface area contributed by atoms with Crippen LogP contribution in [0.2, 0.25) is 0 Å². The first-order chi connectivity index (χ1) is 7.32. The molecule has 0 bridgehead atoms. The second kappa shape index (κ2) is 3.59. The van der Waals surface area contributed by atoms with E-state index in [1.165, 1.54) is 0 Å². The van der Waals surface area contributed by atoms with Crippen LogP contribution in [-0.2, 0) is 0 Å². The van der Waals surface area contributed by atoms with Crippen molar-refractivity contribution in [2.45, 2.75) is 39.7 Å². The Kier molecular flexibility index (Phi) is 2.61. The first-order valence-electron chi connectivity index (χ1n) is 5.34. The fourth-order valence-corrected chi connectivity index (χ4v) is 2.51. The van der Waals surface area contributed by atoms with Gasteiger partial charge in [0.1, 0.15) is 11.4 Å². The lowest BCUT2D eigenvalue weighted by Crippen LogP contribution is -2.36. The summed E-state index contributed by atoms with van der Waals surface area (Å²) in [5.74, 6) is 0.914. The molecule has 0 radical (unpaired) electrons. The molecule has 0 saturated carbocycles. The zero-order valence-electron chi connectivity index (χ0n) is 9.98. The molecule has 1 heterocycles. The first-order valence-corrected chi connectivity index (χ1v) is 6.13. The van der Waals surface area contributed by atoms with Crippen LogP contribution >= 0.6 is 15.9 Å². The normalized spacial score (nSPS) is 17.9. The van der Waals surface area contributed by atoms with Crippen molar-refractivity contribution in [2.24, 2.45) is 0 Å². The Bertz CT molecular complexity index is 475. The molecule has 2 rings (SSSR count). The van der Waals surface area contributed by atoms with Gasteiger partial charge in [0.25, 0.3) is 0 Å². The summed E-state index contributed by atoms with van der Waals surface area (Å²) in [6, 6.07) is 1.87. The van der Waals surface area contributed by atoms with Crippen LogP contribution in [0.4, 0.5) is 0 Å². The first kappa shape index (κ1) is 11.6. The molecular formula is C13H15BrO2. The Balaban J connectivity index is 2.67. The number of hydrogen-bond donors (Lipinski definition) is 0. The molecule has 1 aromatic rings. The number of Topliss-reactive ketones (excluding diaryl/α,β-unsaturated/α-hetero) is 1. The maximum atomic E-state index is 12.0. The molecule has 0 unspecified atom stereocenters. The molecule has 0 aromatic heterocycles. The van der Waals surface area contributed by atoms with E-state index in [0.29, 0.717) is 12.0 Å². The van der Waals surface area contributed by atoms with Gasteiger partial charge in [0, 0.05) is 4.47 Å². The molecular weight excluding hydrogens is 268 g/mol. The van der Waals surface area contributed by atoms with Crippen LogP contribution in [0.3, 0.4) is 0 Å². The van der Waals surface area contributed by atoms with Gasteiger partial charge in [-0.25, -0.2) is 0 Å². The lowest BCUT2D eigenvalue weighted by molar-refractivity contribution is 0.0615. The number of carbonyl (C=O) groups excluding carboxylic acids is 1. The quantitative estimate of drug-likeness (QED) is 0.723. The molecule has 0 saturated heterocycles. The third-order valence-corrected chi connectivity index (χ3v) is 3.87. The topological polar surface area (TPSA) is 26.3 Å². The summed E-state index contributed by atoms with van der Waals surface area (Å²) in [4.78, 5) is 12.0. The van der Waals surface area contributed by atoms with Crippen molar-refractivity contribution in [2.75, 3.05) is 0 Å². The van der Waals surface area contributed by atoms with Crippen molar-refractivity contribution in [3.05, 3.63) is 27.2 Å². The van der Waals surface area contributed by atoms with Gasteiger partial charge in [-0.05, 0) is 44.9 Å². The second-order valence-electron chi connectivity index (χ2n) is 4.95. The minimum Gasteiger partial charge on any atom is -0.486 e. The van der Waals surface area contributed by atoms with E-state index < -0.39 is 5.60 Å².